The second-order valence-electron chi connectivity index (χ2n) is 8.18. The van der Waals surface area contributed by atoms with Crippen LogP contribution in [0.25, 0.3) is 5.76 Å². The Balaban J connectivity index is 1.83. The zero-order chi connectivity index (χ0) is 24.4. The number of H-pyrrole nitrogens is 1. The third-order valence-corrected chi connectivity index (χ3v) is 5.96. The largest absolute Gasteiger partial charge is 0.872 e. The number of Topliss-reactive ketones (excluding diaryl/α,β-unsaturated/α-hetero) is 1. The van der Waals surface area contributed by atoms with Crippen LogP contribution in [0.3, 0.4) is 0 Å². The van der Waals surface area contributed by atoms with Crippen LogP contribution < -0.4 is 14.8 Å². The summed E-state index contributed by atoms with van der Waals surface area (Å²) in [6.45, 7) is 3.91. The summed E-state index contributed by atoms with van der Waals surface area (Å²) in [5.41, 5.74) is 1.35. The van der Waals surface area contributed by atoms with E-state index in [1.807, 2.05) is 19.9 Å². The second kappa shape index (κ2) is 9.87. The number of benzene rings is 2. The van der Waals surface area contributed by atoms with Crippen molar-refractivity contribution in [1.82, 2.24) is 4.90 Å². The molecular formula is C26H22Cl2N2O4. The minimum Gasteiger partial charge on any atom is -0.872 e. The number of carbonyl (C=O) groups is 2. The van der Waals surface area contributed by atoms with Crippen LogP contribution >= 0.6 is 23.2 Å². The number of nitrogens with one attached hydrogen (secondary N) is 1. The topological polar surface area (TPSA) is 83.8 Å². The van der Waals surface area contributed by atoms with Crippen LogP contribution in [-0.2, 0) is 16.1 Å². The van der Waals surface area contributed by atoms with E-state index < -0.39 is 23.5 Å². The van der Waals surface area contributed by atoms with Crippen LogP contribution in [0.15, 0.2) is 72.6 Å². The summed E-state index contributed by atoms with van der Waals surface area (Å²) in [6.07, 6.45) is 3.44. The molecule has 1 saturated heterocycles. The number of aromatic amines is 1. The number of amides is 1. The van der Waals surface area contributed by atoms with Crippen molar-refractivity contribution >= 4 is 40.7 Å². The highest BCUT2D eigenvalue weighted by Crippen LogP contribution is 2.42. The summed E-state index contributed by atoms with van der Waals surface area (Å²) in [6, 6.07) is 13.9. The van der Waals surface area contributed by atoms with E-state index in [1.165, 1.54) is 11.0 Å². The molecule has 1 amide bonds. The number of halogens is 2. The first kappa shape index (κ1) is 23.8. The third kappa shape index (κ3) is 4.79. The Labute approximate surface area is 207 Å². The molecular weight excluding hydrogens is 475 g/mol. The van der Waals surface area contributed by atoms with Crippen molar-refractivity contribution in [1.29, 1.82) is 0 Å². The first-order valence-corrected chi connectivity index (χ1v) is 11.5. The number of ether oxygens (including phenoxy) is 1. The Hall–Kier alpha value is -3.35. The van der Waals surface area contributed by atoms with Crippen molar-refractivity contribution in [3.05, 3.63) is 99.3 Å². The summed E-state index contributed by atoms with van der Waals surface area (Å²) in [5, 5.41) is 14.2. The molecule has 1 atom stereocenters. The van der Waals surface area contributed by atoms with Crippen molar-refractivity contribution in [2.24, 2.45) is 0 Å². The first-order chi connectivity index (χ1) is 16.3. The summed E-state index contributed by atoms with van der Waals surface area (Å²) in [4.78, 5) is 30.6. The van der Waals surface area contributed by atoms with Crippen molar-refractivity contribution in [3.63, 3.8) is 0 Å². The number of ketones is 1. The highest BCUT2D eigenvalue weighted by molar-refractivity contribution is 6.47. The summed E-state index contributed by atoms with van der Waals surface area (Å²) < 4.78 is 5.63. The number of pyridine rings is 1. The predicted octanol–water partition coefficient (Wildman–Crippen LogP) is 4.02. The van der Waals surface area contributed by atoms with Crippen molar-refractivity contribution in [2.75, 3.05) is 0 Å². The Morgan fingerprint density at radius 2 is 1.85 bits per heavy atom. The number of nitrogens with zero attached hydrogens (tertiary/aromatic N) is 1. The van der Waals surface area contributed by atoms with Crippen LogP contribution in [0.1, 0.15) is 36.6 Å². The van der Waals surface area contributed by atoms with E-state index in [2.05, 4.69) is 4.98 Å². The van der Waals surface area contributed by atoms with Crippen molar-refractivity contribution in [3.8, 4) is 5.75 Å². The van der Waals surface area contributed by atoms with E-state index in [4.69, 9.17) is 27.9 Å². The van der Waals surface area contributed by atoms with Gasteiger partial charge in [0, 0.05) is 27.2 Å². The Bertz CT molecular complexity index is 1260. The maximum atomic E-state index is 13.5. The summed E-state index contributed by atoms with van der Waals surface area (Å²) in [5.74, 6) is -1.54. The lowest BCUT2D eigenvalue weighted by atomic mass is 9.95. The first-order valence-electron chi connectivity index (χ1n) is 10.7. The molecule has 1 aromatic heterocycles. The molecule has 8 heteroatoms. The number of hydrogen-bond donors (Lipinski definition) is 0. The van der Waals surface area contributed by atoms with E-state index in [1.54, 1.807) is 54.9 Å². The van der Waals surface area contributed by atoms with Gasteiger partial charge in [0.05, 0.1) is 18.7 Å². The Kier molecular flexibility index (Phi) is 6.91. The van der Waals surface area contributed by atoms with Gasteiger partial charge in [-0.2, -0.15) is 0 Å². The van der Waals surface area contributed by atoms with Gasteiger partial charge in [-0.3, -0.25) is 9.59 Å². The molecule has 6 nitrogen and oxygen atoms in total. The zero-order valence-corrected chi connectivity index (χ0v) is 20.1. The van der Waals surface area contributed by atoms with Gasteiger partial charge in [0.2, 0.25) is 5.78 Å². The lowest BCUT2D eigenvalue weighted by Crippen LogP contribution is -2.29. The number of carbonyl (C=O) groups excluding carboxylic acids is 2. The molecule has 174 valence electrons. The molecule has 0 aliphatic carbocycles. The molecule has 1 fully saturated rings. The fourth-order valence-electron chi connectivity index (χ4n) is 3.92. The lowest BCUT2D eigenvalue weighted by Gasteiger charge is -2.28. The summed E-state index contributed by atoms with van der Waals surface area (Å²) in [7, 11) is 0. The maximum Gasteiger partial charge on any atom is 0.295 e. The molecule has 3 aromatic rings. The number of likely N-dealkylation sites (tertiary alicyclic amines) is 1. The molecule has 0 bridgehead atoms. The van der Waals surface area contributed by atoms with Gasteiger partial charge in [-0.25, -0.2) is 4.98 Å². The van der Waals surface area contributed by atoms with Crippen molar-refractivity contribution in [2.45, 2.75) is 32.5 Å². The van der Waals surface area contributed by atoms with Gasteiger partial charge in [0.1, 0.15) is 5.75 Å². The smallest absolute Gasteiger partial charge is 0.295 e. The zero-order valence-electron chi connectivity index (χ0n) is 18.5. The molecule has 1 unspecified atom stereocenters. The SMILES string of the molecule is CC(C)Oc1ccc(C([O-])=C2C(=O)C(=O)N(Cc3ccc[nH+]c3)C2c2ccc(Cl)cc2Cl)cc1. The third-order valence-electron chi connectivity index (χ3n) is 5.40. The van der Waals surface area contributed by atoms with E-state index >= 15 is 0 Å². The van der Waals surface area contributed by atoms with Gasteiger partial charge in [-0.15, -0.1) is 0 Å². The van der Waals surface area contributed by atoms with Crippen LogP contribution in [0.5, 0.6) is 5.75 Å². The second-order valence-corrected chi connectivity index (χ2v) is 9.02. The molecule has 2 aromatic carbocycles. The standard InChI is InChI=1S/C26H22Cl2N2O4/c1-15(2)34-19-8-5-17(6-9-19)24(31)22-23(20-10-7-18(27)12-21(20)28)30(26(33)25(22)32)14-16-4-3-11-29-13-16/h3-13,15,23,31H,14H2,1-2H3. The monoisotopic (exact) mass is 496 g/mol. The van der Waals surface area contributed by atoms with Gasteiger partial charge < -0.3 is 14.7 Å². The van der Waals surface area contributed by atoms with Crippen LogP contribution in [0.2, 0.25) is 10.0 Å². The molecule has 4 rings (SSSR count). The minimum atomic E-state index is -0.955. The van der Waals surface area contributed by atoms with E-state index in [0.717, 1.165) is 5.56 Å². The average molecular weight is 497 g/mol. The normalized spacial score (nSPS) is 17.4. The Morgan fingerprint density at radius 3 is 2.47 bits per heavy atom. The van der Waals surface area contributed by atoms with E-state index in [9.17, 15) is 14.7 Å². The maximum absolute atomic E-state index is 13.5. The van der Waals surface area contributed by atoms with Crippen LogP contribution in [0, 0.1) is 0 Å². The average Bonchev–Trinajstić information content (AvgIpc) is 3.04. The molecule has 1 aliphatic heterocycles. The van der Waals surface area contributed by atoms with Gasteiger partial charge in [0.15, 0.2) is 12.4 Å². The molecule has 0 spiro atoms. The lowest BCUT2D eigenvalue weighted by molar-refractivity contribution is -0.378. The Morgan fingerprint density at radius 1 is 1.12 bits per heavy atom. The number of rotatable bonds is 6. The van der Waals surface area contributed by atoms with Crippen LogP contribution in [-0.4, -0.2) is 22.7 Å². The van der Waals surface area contributed by atoms with Crippen molar-refractivity contribution < 1.29 is 24.4 Å². The highest BCUT2D eigenvalue weighted by atomic mass is 35.5. The fourth-order valence-corrected chi connectivity index (χ4v) is 4.43. The molecule has 0 saturated carbocycles. The molecule has 34 heavy (non-hydrogen) atoms. The van der Waals surface area contributed by atoms with Gasteiger partial charge >= 0.3 is 0 Å². The highest BCUT2D eigenvalue weighted by Gasteiger charge is 2.45. The number of aromatic nitrogens is 1. The van der Waals surface area contributed by atoms with E-state index in [-0.39, 0.29) is 28.8 Å². The molecule has 1 N–H and O–H groups in total. The predicted molar refractivity (Wildman–Crippen MR) is 127 cm³/mol. The molecule has 0 radical (unpaired) electrons. The fraction of sp³-hybridized carbons (Fsp3) is 0.192. The number of hydrogen-bond acceptors (Lipinski definition) is 4. The van der Waals surface area contributed by atoms with E-state index in [0.29, 0.717) is 16.3 Å². The van der Waals surface area contributed by atoms with Gasteiger partial charge in [0.25, 0.3) is 5.91 Å². The van der Waals surface area contributed by atoms with Gasteiger partial charge in [-0.05, 0) is 55.3 Å². The quantitative estimate of drug-likeness (QED) is 0.293. The molecule has 1 aliphatic rings. The van der Waals surface area contributed by atoms with Gasteiger partial charge in [-0.1, -0.05) is 47.2 Å². The summed E-state index contributed by atoms with van der Waals surface area (Å²) >= 11 is 12.5. The molecule has 2 heterocycles. The van der Waals surface area contributed by atoms with Crippen LogP contribution in [0.4, 0.5) is 0 Å². The minimum absolute atomic E-state index is 0.0230.